The zero-order chi connectivity index (χ0) is 85.5. The summed E-state index contributed by atoms with van der Waals surface area (Å²) >= 11 is 0. The largest absolute Gasteiger partial charge is 0.309 e. The third kappa shape index (κ3) is 13.5. The molecule has 0 saturated carbocycles. The number of benzene rings is 18. The van der Waals surface area contributed by atoms with Crippen LogP contribution < -0.4 is 0 Å². The molecule has 0 unspecified atom stereocenters. The minimum atomic E-state index is 0.721. The summed E-state index contributed by atoms with van der Waals surface area (Å²) < 4.78 is 9.61. The lowest BCUT2D eigenvalue weighted by atomic mass is 9.93. The molecule has 6 aromatic heterocycles. The molecule has 0 saturated heterocycles. The van der Waals surface area contributed by atoms with Gasteiger partial charge in [0.05, 0.1) is 66.9 Å². The lowest BCUT2D eigenvalue weighted by Crippen LogP contribution is -1.98. The maximum atomic E-state index is 5.20. The van der Waals surface area contributed by atoms with E-state index in [9.17, 15) is 0 Å². The molecular formula is C120H84N8. The molecule has 24 aromatic rings. The van der Waals surface area contributed by atoms with Gasteiger partial charge in [-0.25, -0.2) is 19.9 Å². The Morgan fingerprint density at radius 2 is 0.445 bits per heavy atom. The van der Waals surface area contributed by atoms with Gasteiger partial charge in [-0.3, -0.25) is 0 Å². The van der Waals surface area contributed by atoms with Crippen LogP contribution in [0.3, 0.4) is 0 Å². The van der Waals surface area contributed by atoms with Gasteiger partial charge in [0.15, 0.2) is 11.6 Å². The minimum Gasteiger partial charge on any atom is -0.309 e. The van der Waals surface area contributed by atoms with Crippen molar-refractivity contribution in [1.29, 1.82) is 0 Å². The highest BCUT2D eigenvalue weighted by atomic mass is 15.0. The second kappa shape index (κ2) is 31.9. The molecule has 0 bridgehead atoms. The van der Waals surface area contributed by atoms with Gasteiger partial charge in [-0.2, -0.15) is 0 Å². The van der Waals surface area contributed by atoms with Crippen molar-refractivity contribution in [1.82, 2.24) is 38.2 Å². The van der Waals surface area contributed by atoms with E-state index in [0.717, 1.165) is 102 Å². The van der Waals surface area contributed by atoms with Crippen LogP contribution in [0.2, 0.25) is 0 Å². The monoisotopic (exact) mass is 1640 g/mol. The summed E-state index contributed by atoms with van der Waals surface area (Å²) in [5.41, 5.74) is 38.2. The van der Waals surface area contributed by atoms with E-state index >= 15 is 0 Å². The summed E-state index contributed by atoms with van der Waals surface area (Å²) in [7, 11) is 0. The van der Waals surface area contributed by atoms with Crippen LogP contribution in [0.25, 0.3) is 222 Å². The number of fused-ring (bicyclic) bond motifs is 12. The summed E-state index contributed by atoms with van der Waals surface area (Å²) in [6.07, 6.45) is 0. The summed E-state index contributed by atoms with van der Waals surface area (Å²) in [5.74, 6) is 1.45. The molecule has 0 aliphatic rings. The van der Waals surface area contributed by atoms with E-state index in [4.69, 9.17) is 19.9 Å². The first-order valence-corrected chi connectivity index (χ1v) is 43.8. The third-order valence-corrected chi connectivity index (χ3v) is 25.6. The molecule has 604 valence electrons. The molecule has 0 atom stereocenters. The van der Waals surface area contributed by atoms with Gasteiger partial charge in [0.2, 0.25) is 0 Å². The maximum Gasteiger partial charge on any atom is 0.160 e. The Balaban J connectivity index is 0.000000146. The van der Waals surface area contributed by atoms with Crippen molar-refractivity contribution in [2.45, 2.75) is 27.7 Å². The number of hydrogen-bond donors (Lipinski definition) is 0. The Labute approximate surface area is 742 Å². The van der Waals surface area contributed by atoms with Crippen molar-refractivity contribution in [2.24, 2.45) is 0 Å². The van der Waals surface area contributed by atoms with E-state index in [1.165, 1.54) is 143 Å². The number of aromatic nitrogens is 8. The number of rotatable bonds is 14. The molecule has 128 heavy (non-hydrogen) atoms. The molecule has 0 radical (unpaired) electrons. The molecule has 0 N–H and O–H groups in total. The fraction of sp³-hybridized carbons (Fsp3) is 0.0333. The zero-order valence-electron chi connectivity index (χ0n) is 71.1. The summed E-state index contributed by atoms with van der Waals surface area (Å²) in [4.78, 5) is 20.7. The first-order chi connectivity index (χ1) is 63.1. The maximum absolute atomic E-state index is 5.20. The van der Waals surface area contributed by atoms with Gasteiger partial charge in [-0.05, 0) is 222 Å². The van der Waals surface area contributed by atoms with Crippen molar-refractivity contribution in [3.63, 3.8) is 0 Å². The van der Waals surface area contributed by atoms with Crippen molar-refractivity contribution in [3.05, 3.63) is 459 Å². The molecule has 6 heterocycles. The molecule has 8 heteroatoms. The van der Waals surface area contributed by atoms with E-state index in [1.54, 1.807) is 0 Å². The van der Waals surface area contributed by atoms with Gasteiger partial charge >= 0.3 is 0 Å². The van der Waals surface area contributed by atoms with Crippen molar-refractivity contribution in [3.8, 4) is 135 Å². The van der Waals surface area contributed by atoms with Crippen LogP contribution in [0.4, 0.5) is 0 Å². The molecule has 8 nitrogen and oxygen atoms in total. The molecule has 0 aliphatic carbocycles. The van der Waals surface area contributed by atoms with Crippen LogP contribution in [-0.4, -0.2) is 38.2 Å². The van der Waals surface area contributed by atoms with E-state index < -0.39 is 0 Å². The van der Waals surface area contributed by atoms with Crippen molar-refractivity contribution < 1.29 is 0 Å². The van der Waals surface area contributed by atoms with Crippen LogP contribution in [0.15, 0.2) is 437 Å². The molecule has 24 rings (SSSR count). The van der Waals surface area contributed by atoms with E-state index in [-0.39, 0.29) is 0 Å². The smallest absolute Gasteiger partial charge is 0.160 e. The van der Waals surface area contributed by atoms with Gasteiger partial charge in [-0.1, -0.05) is 303 Å². The number of para-hydroxylation sites is 7. The third-order valence-electron chi connectivity index (χ3n) is 25.6. The van der Waals surface area contributed by atoms with Crippen LogP contribution in [0.1, 0.15) is 22.3 Å². The van der Waals surface area contributed by atoms with Gasteiger partial charge in [-0.15, -0.1) is 0 Å². The van der Waals surface area contributed by atoms with Gasteiger partial charge in [0.1, 0.15) is 0 Å². The lowest BCUT2D eigenvalue weighted by molar-refractivity contribution is 1.17. The molecule has 0 fully saturated rings. The minimum absolute atomic E-state index is 0.721. The highest BCUT2D eigenvalue weighted by molar-refractivity contribution is 6.16. The first kappa shape index (κ1) is 76.2. The number of hydrogen-bond acceptors (Lipinski definition) is 4. The Hall–Kier alpha value is -16.7. The van der Waals surface area contributed by atoms with Crippen LogP contribution in [0, 0.1) is 27.7 Å². The highest BCUT2D eigenvalue weighted by Gasteiger charge is 2.24. The average Bonchev–Trinajstić information content (AvgIpc) is 1.58. The zero-order valence-corrected chi connectivity index (χ0v) is 71.1. The molecule has 18 aromatic carbocycles. The van der Waals surface area contributed by atoms with Gasteiger partial charge in [0.25, 0.3) is 0 Å². The molecular weight excluding hydrogens is 1550 g/mol. The highest BCUT2D eigenvalue weighted by Crippen LogP contribution is 2.45. The van der Waals surface area contributed by atoms with Crippen LogP contribution in [-0.2, 0) is 0 Å². The molecule has 0 spiro atoms. The summed E-state index contributed by atoms with van der Waals surface area (Å²) in [5, 5.41) is 9.88. The summed E-state index contributed by atoms with van der Waals surface area (Å²) in [6.45, 7) is 8.75. The number of nitrogens with zero attached hydrogens (tertiary/aromatic N) is 8. The lowest BCUT2D eigenvalue weighted by Gasteiger charge is -2.15. The quantitative estimate of drug-likeness (QED) is 0.109. The topological polar surface area (TPSA) is 71.3 Å². The predicted octanol–water partition coefficient (Wildman–Crippen LogP) is 31.2. The summed E-state index contributed by atoms with van der Waals surface area (Å²) in [6, 6.07) is 157. The first-order valence-electron chi connectivity index (χ1n) is 43.8. The van der Waals surface area contributed by atoms with E-state index in [0.29, 0.717) is 0 Å². The van der Waals surface area contributed by atoms with E-state index in [1.807, 2.05) is 24.3 Å². The second-order valence-electron chi connectivity index (χ2n) is 33.4. The van der Waals surface area contributed by atoms with Crippen LogP contribution in [0.5, 0.6) is 0 Å². The fourth-order valence-electron chi connectivity index (χ4n) is 19.5. The molecule has 0 aliphatic heterocycles. The molecule has 0 amide bonds. The van der Waals surface area contributed by atoms with Gasteiger partial charge in [0, 0.05) is 105 Å². The Kier molecular flexibility index (Phi) is 19.0. The standard InChI is InChI=1S/2C60H42N4/c1-39-35-52(60-61-54(41-18-6-3-7-19-41)38-55(62-60)42-20-8-4-9-21-42)40(2)34-51(39)44-32-33-58-53(37-44)49-27-13-14-30-56(49)63(58)46-25-16-22-43(36-46)47-28-17-29-50-48-26-12-15-31-57(48)64(59(47)50)45-23-10-5-11-24-45;1-39-34-40(2)51(60-61-54(42-16-6-3-7-17-42)38-55(62-60)43-18-8-4-9-19-43)37-50(39)45-29-33-59-53(36-45)49-23-13-15-25-57(49)64(59)47-30-26-41(27-31-47)44-28-32-58-52(35-44)48-22-12-14-24-56(48)63(58)46-20-10-5-11-21-46/h2*3-38H,1-2H3. The van der Waals surface area contributed by atoms with Crippen molar-refractivity contribution >= 4 is 87.2 Å². The second-order valence-corrected chi connectivity index (χ2v) is 33.4. The Morgan fingerprint density at radius 3 is 0.914 bits per heavy atom. The Morgan fingerprint density at radius 1 is 0.156 bits per heavy atom. The van der Waals surface area contributed by atoms with E-state index in [2.05, 4.69) is 458 Å². The van der Waals surface area contributed by atoms with Gasteiger partial charge < -0.3 is 18.3 Å². The predicted molar refractivity (Wildman–Crippen MR) is 535 cm³/mol. The number of aryl methyl sites for hydroxylation is 4. The van der Waals surface area contributed by atoms with Crippen LogP contribution >= 0.6 is 0 Å². The fourth-order valence-corrected chi connectivity index (χ4v) is 19.5. The Bertz CT molecular complexity index is 8320. The normalized spacial score (nSPS) is 11.6. The van der Waals surface area contributed by atoms with Crippen molar-refractivity contribution in [2.75, 3.05) is 0 Å². The SMILES string of the molecule is Cc1cc(-c2nc(-c3ccccc3)cc(-c3ccccc3)n2)c(C)cc1-c1ccc2c(c1)c1ccccc1n2-c1cccc(-c2cccc3c4ccccc4n(-c4ccccc4)c23)c1.Cc1cc(C)c(-c2nc(-c3ccccc3)cc(-c3ccccc3)n2)cc1-c1ccc2c(c1)c1ccccc1n2-c1ccc(-c2ccc3c(c2)c2ccccc2n3-c2ccccc2)cc1. The average molecular weight is 1640 g/mol.